The summed E-state index contributed by atoms with van der Waals surface area (Å²) in [4.78, 5) is 12.7. The summed E-state index contributed by atoms with van der Waals surface area (Å²) in [5, 5.41) is 5.50. The highest BCUT2D eigenvalue weighted by molar-refractivity contribution is 5.94. The molecule has 138 valence electrons. The van der Waals surface area contributed by atoms with E-state index < -0.39 is 0 Å². The number of para-hydroxylation sites is 1. The Bertz CT molecular complexity index is 1010. The number of rotatable bonds is 5. The van der Waals surface area contributed by atoms with E-state index in [0.717, 1.165) is 16.8 Å². The van der Waals surface area contributed by atoms with Crippen molar-refractivity contribution in [3.05, 3.63) is 83.9 Å². The number of aryl methyl sites for hydroxylation is 1. The monoisotopic (exact) mass is 357 g/mol. The maximum absolute atomic E-state index is 12.7. The number of carbonyl (C=O) groups excluding carboxylic acids is 1. The molecule has 0 spiro atoms. The molecular weight excluding hydrogens is 330 g/mol. The molecule has 0 atom stereocenters. The van der Waals surface area contributed by atoms with Gasteiger partial charge < -0.3 is 5.32 Å². The summed E-state index contributed by atoms with van der Waals surface area (Å²) in [5.41, 5.74) is 4.90. The molecule has 3 aromatic carbocycles. The van der Waals surface area contributed by atoms with Crippen LogP contribution in [0.3, 0.4) is 0 Å². The molecule has 0 heterocycles. The van der Waals surface area contributed by atoms with Crippen molar-refractivity contribution in [2.24, 2.45) is 0 Å². The third kappa shape index (κ3) is 4.28. The highest BCUT2D eigenvalue weighted by Gasteiger charge is 2.25. The van der Waals surface area contributed by atoms with Gasteiger partial charge in [-0.15, -0.1) is 0 Å². The zero-order valence-electron chi connectivity index (χ0n) is 16.6. The summed E-state index contributed by atoms with van der Waals surface area (Å²) in [6.07, 6.45) is 0.412. The fourth-order valence-corrected chi connectivity index (χ4v) is 3.45. The third-order valence-electron chi connectivity index (χ3n) is 5.04. The van der Waals surface area contributed by atoms with E-state index in [2.05, 4.69) is 69.1 Å². The van der Waals surface area contributed by atoms with Crippen LogP contribution in [0, 0.1) is 6.92 Å². The fourth-order valence-electron chi connectivity index (χ4n) is 3.45. The standard InChI is InChI=1S/C25H27NO/c1-17(2)22-8-6-7-9-23(22)26-24(27)16-25(4,5)21-13-12-19-14-18(3)10-11-20(19)15-21/h6-15H,1,16H2,2-5H3,(H,26,27). The molecule has 2 nitrogen and oxygen atoms in total. The van der Waals surface area contributed by atoms with E-state index in [1.54, 1.807) is 0 Å². The normalized spacial score (nSPS) is 11.4. The Morgan fingerprint density at radius 3 is 2.41 bits per heavy atom. The molecule has 0 bridgehead atoms. The van der Waals surface area contributed by atoms with Crippen molar-refractivity contribution in [2.75, 3.05) is 5.32 Å². The Kier molecular flexibility index (Phi) is 5.18. The average molecular weight is 357 g/mol. The molecule has 0 saturated heterocycles. The Labute approximate surface area is 161 Å². The summed E-state index contributed by atoms with van der Waals surface area (Å²) in [7, 11) is 0. The van der Waals surface area contributed by atoms with Gasteiger partial charge in [0.1, 0.15) is 0 Å². The second-order valence-electron chi connectivity index (χ2n) is 8.00. The first-order chi connectivity index (χ1) is 12.8. The number of fused-ring (bicyclic) bond motifs is 1. The Balaban J connectivity index is 1.81. The number of allylic oxidation sites excluding steroid dienone is 1. The lowest BCUT2D eigenvalue weighted by Gasteiger charge is -2.25. The lowest BCUT2D eigenvalue weighted by Crippen LogP contribution is -2.26. The zero-order valence-corrected chi connectivity index (χ0v) is 16.6. The quantitative estimate of drug-likeness (QED) is 0.556. The van der Waals surface area contributed by atoms with Gasteiger partial charge in [0, 0.05) is 17.7 Å². The van der Waals surface area contributed by atoms with Gasteiger partial charge in [-0.2, -0.15) is 0 Å². The molecule has 0 aliphatic heterocycles. The summed E-state index contributed by atoms with van der Waals surface area (Å²) >= 11 is 0. The van der Waals surface area contributed by atoms with Crippen LogP contribution in [0.1, 0.15) is 43.9 Å². The molecule has 0 aromatic heterocycles. The predicted molar refractivity (Wildman–Crippen MR) is 116 cm³/mol. The average Bonchev–Trinajstić information content (AvgIpc) is 2.60. The molecule has 0 unspecified atom stereocenters. The van der Waals surface area contributed by atoms with Crippen LogP contribution in [0.2, 0.25) is 0 Å². The molecule has 3 rings (SSSR count). The van der Waals surface area contributed by atoms with Crippen LogP contribution in [0.5, 0.6) is 0 Å². The minimum absolute atomic E-state index is 0.0118. The van der Waals surface area contributed by atoms with Crippen molar-refractivity contribution in [3.8, 4) is 0 Å². The van der Waals surface area contributed by atoms with Crippen molar-refractivity contribution in [2.45, 2.75) is 39.5 Å². The van der Waals surface area contributed by atoms with E-state index in [9.17, 15) is 4.79 Å². The van der Waals surface area contributed by atoms with Crippen molar-refractivity contribution < 1.29 is 4.79 Å². The second-order valence-corrected chi connectivity index (χ2v) is 8.00. The first-order valence-corrected chi connectivity index (χ1v) is 9.32. The van der Waals surface area contributed by atoms with Crippen LogP contribution >= 0.6 is 0 Å². The highest BCUT2D eigenvalue weighted by atomic mass is 16.1. The largest absolute Gasteiger partial charge is 0.325 e. The SMILES string of the molecule is C=C(C)c1ccccc1NC(=O)CC(C)(C)c1ccc2cc(C)ccc2c1. The molecule has 3 aromatic rings. The van der Waals surface area contributed by atoms with Crippen molar-refractivity contribution in [1.29, 1.82) is 0 Å². The van der Waals surface area contributed by atoms with Gasteiger partial charge in [-0.3, -0.25) is 4.79 Å². The highest BCUT2D eigenvalue weighted by Crippen LogP contribution is 2.31. The van der Waals surface area contributed by atoms with Crippen LogP contribution in [0.4, 0.5) is 5.69 Å². The van der Waals surface area contributed by atoms with Crippen LogP contribution in [0.15, 0.2) is 67.2 Å². The lowest BCUT2D eigenvalue weighted by molar-refractivity contribution is -0.117. The lowest BCUT2D eigenvalue weighted by atomic mass is 9.80. The maximum Gasteiger partial charge on any atom is 0.225 e. The summed E-state index contributed by atoms with van der Waals surface area (Å²) in [6, 6.07) is 20.7. The van der Waals surface area contributed by atoms with Crippen LogP contribution in [-0.2, 0) is 10.2 Å². The van der Waals surface area contributed by atoms with E-state index in [-0.39, 0.29) is 11.3 Å². The summed E-state index contributed by atoms with van der Waals surface area (Å²) in [6.45, 7) is 12.3. The molecule has 0 fully saturated rings. The van der Waals surface area contributed by atoms with Crippen molar-refractivity contribution >= 4 is 27.9 Å². The van der Waals surface area contributed by atoms with E-state index in [1.807, 2.05) is 31.2 Å². The Morgan fingerprint density at radius 1 is 1.00 bits per heavy atom. The zero-order chi connectivity index (χ0) is 19.6. The van der Waals surface area contributed by atoms with Crippen LogP contribution in [-0.4, -0.2) is 5.91 Å². The fraction of sp³-hybridized carbons (Fsp3) is 0.240. The molecule has 0 saturated carbocycles. The predicted octanol–water partition coefficient (Wildman–Crippen LogP) is 6.49. The first-order valence-electron chi connectivity index (χ1n) is 9.32. The Morgan fingerprint density at radius 2 is 1.67 bits per heavy atom. The van der Waals surface area contributed by atoms with Crippen LogP contribution < -0.4 is 5.32 Å². The maximum atomic E-state index is 12.7. The van der Waals surface area contributed by atoms with Gasteiger partial charge in [-0.1, -0.05) is 80.6 Å². The number of nitrogens with one attached hydrogen (secondary N) is 1. The molecule has 0 aliphatic rings. The molecular formula is C25H27NO. The van der Waals surface area contributed by atoms with E-state index in [0.29, 0.717) is 6.42 Å². The number of hydrogen-bond acceptors (Lipinski definition) is 1. The molecule has 1 amide bonds. The molecule has 1 N–H and O–H groups in total. The minimum Gasteiger partial charge on any atom is -0.325 e. The van der Waals surface area contributed by atoms with Crippen LogP contribution in [0.25, 0.3) is 16.3 Å². The first kappa shape index (κ1) is 18.9. The van der Waals surface area contributed by atoms with E-state index in [1.165, 1.54) is 21.9 Å². The smallest absolute Gasteiger partial charge is 0.225 e. The van der Waals surface area contributed by atoms with Gasteiger partial charge in [0.15, 0.2) is 0 Å². The van der Waals surface area contributed by atoms with Crippen molar-refractivity contribution in [3.63, 3.8) is 0 Å². The van der Waals surface area contributed by atoms with Gasteiger partial charge in [0.2, 0.25) is 5.91 Å². The Hall–Kier alpha value is -2.87. The van der Waals surface area contributed by atoms with E-state index in [4.69, 9.17) is 0 Å². The third-order valence-corrected chi connectivity index (χ3v) is 5.04. The molecule has 27 heavy (non-hydrogen) atoms. The van der Waals surface area contributed by atoms with Gasteiger partial charge >= 0.3 is 0 Å². The minimum atomic E-state index is -0.263. The number of amides is 1. The molecule has 2 heteroatoms. The van der Waals surface area contributed by atoms with Crippen molar-refractivity contribution in [1.82, 2.24) is 0 Å². The van der Waals surface area contributed by atoms with Gasteiger partial charge in [-0.25, -0.2) is 0 Å². The number of benzene rings is 3. The van der Waals surface area contributed by atoms with E-state index >= 15 is 0 Å². The molecule has 0 aliphatic carbocycles. The summed E-state index contributed by atoms with van der Waals surface area (Å²) in [5.74, 6) is 0.0118. The number of carbonyl (C=O) groups is 1. The topological polar surface area (TPSA) is 29.1 Å². The van der Waals surface area contributed by atoms with Gasteiger partial charge in [0.05, 0.1) is 0 Å². The number of anilines is 1. The van der Waals surface area contributed by atoms with Gasteiger partial charge in [0.25, 0.3) is 0 Å². The second kappa shape index (κ2) is 7.40. The van der Waals surface area contributed by atoms with Gasteiger partial charge in [-0.05, 0) is 47.2 Å². The number of hydrogen-bond donors (Lipinski definition) is 1. The molecule has 0 radical (unpaired) electrons. The summed E-state index contributed by atoms with van der Waals surface area (Å²) < 4.78 is 0.